The molecule has 0 bridgehead atoms. The second kappa shape index (κ2) is 7.21. The summed E-state index contributed by atoms with van der Waals surface area (Å²) < 4.78 is 12.1. The molecule has 6 rings (SSSR count). The first-order chi connectivity index (χ1) is 15.0. The lowest BCUT2D eigenvalue weighted by atomic mass is 9.53. The van der Waals surface area contributed by atoms with Crippen molar-refractivity contribution >= 4 is 11.7 Å². The zero-order chi connectivity index (χ0) is 21.2. The van der Waals surface area contributed by atoms with Crippen LogP contribution in [0.5, 0.6) is 0 Å². The molecule has 2 saturated carbocycles. The van der Waals surface area contributed by atoms with E-state index in [1.54, 1.807) is 0 Å². The molecule has 5 heteroatoms. The first-order valence-electron chi connectivity index (χ1n) is 12.3. The Morgan fingerprint density at radius 2 is 1.97 bits per heavy atom. The van der Waals surface area contributed by atoms with Crippen LogP contribution in [0.25, 0.3) is 0 Å². The molecule has 3 aliphatic heterocycles. The van der Waals surface area contributed by atoms with Crippen LogP contribution in [-0.2, 0) is 14.3 Å². The number of rotatable bonds is 3. The number of carbonyl (C=O) groups is 1. The minimum Gasteiger partial charge on any atom is -0.462 e. The molecule has 2 aliphatic carbocycles. The van der Waals surface area contributed by atoms with E-state index in [0.29, 0.717) is 11.8 Å². The van der Waals surface area contributed by atoms with Crippen molar-refractivity contribution in [1.82, 2.24) is 4.90 Å². The Bertz CT molecular complexity index is 860. The summed E-state index contributed by atoms with van der Waals surface area (Å²) in [6.45, 7) is 10.5. The maximum Gasteiger partial charge on any atom is 0.310 e. The number of ether oxygens (including phenoxy) is 2. The topological polar surface area (TPSA) is 45.3 Å². The second-order valence-corrected chi connectivity index (χ2v) is 11.2. The Hall–Kier alpha value is -1.59. The number of anilines is 1. The number of carbonyl (C=O) groups excluding carboxylic acids is 1. The second-order valence-electron chi connectivity index (χ2n) is 11.2. The van der Waals surface area contributed by atoms with Gasteiger partial charge in [-0.1, -0.05) is 19.1 Å². The van der Waals surface area contributed by atoms with Gasteiger partial charge < -0.3 is 14.4 Å². The molecule has 5 nitrogen and oxygen atoms in total. The highest BCUT2D eigenvalue weighted by molar-refractivity contribution is 5.75. The number of esters is 1. The molecule has 1 spiro atoms. The van der Waals surface area contributed by atoms with Crippen LogP contribution in [0.3, 0.4) is 0 Å². The van der Waals surface area contributed by atoms with Gasteiger partial charge in [0.05, 0.1) is 18.1 Å². The van der Waals surface area contributed by atoms with E-state index in [-0.39, 0.29) is 29.0 Å². The van der Waals surface area contributed by atoms with Gasteiger partial charge in [-0.25, -0.2) is 0 Å². The average Bonchev–Trinajstić information content (AvgIpc) is 3.45. The summed E-state index contributed by atoms with van der Waals surface area (Å²) in [6, 6.07) is 8.78. The van der Waals surface area contributed by atoms with Gasteiger partial charge in [0.15, 0.2) is 0 Å². The smallest absolute Gasteiger partial charge is 0.310 e. The molecule has 0 unspecified atom stereocenters. The Kier molecular flexibility index (Phi) is 4.66. The molecule has 1 aromatic rings. The van der Waals surface area contributed by atoms with Gasteiger partial charge in [0.25, 0.3) is 0 Å². The van der Waals surface area contributed by atoms with Crippen LogP contribution in [0.1, 0.15) is 44.6 Å². The molecule has 5 aliphatic rings. The number of hydrogen-bond donors (Lipinski definition) is 0. The van der Waals surface area contributed by atoms with Crippen molar-refractivity contribution < 1.29 is 14.3 Å². The van der Waals surface area contributed by atoms with Crippen molar-refractivity contribution in [3.05, 3.63) is 29.8 Å². The molecule has 3 heterocycles. The summed E-state index contributed by atoms with van der Waals surface area (Å²) in [5, 5.41) is 0. The van der Waals surface area contributed by atoms with E-state index in [9.17, 15) is 4.79 Å². The van der Waals surface area contributed by atoms with Gasteiger partial charge in [0, 0.05) is 44.3 Å². The Balaban J connectivity index is 1.12. The standard InChI is InChI=1S/C26H36N2O3/c1-18-5-3-6-19(13-18)28-11-9-27(10-12-28)16-21-20-14-23-25(2,15-22(20)31-24(21)29)7-4-8-26(23)17-30-26/h3,5-6,13,20-23H,4,7-12,14-17H2,1-2H3/t20-,21+,22+,23-,25+,26-/m0/s1. The fourth-order valence-electron chi connectivity index (χ4n) is 7.46. The summed E-state index contributed by atoms with van der Waals surface area (Å²) >= 11 is 0. The minimum atomic E-state index is 0.0396. The monoisotopic (exact) mass is 424 g/mol. The number of epoxide rings is 1. The Labute approximate surface area is 186 Å². The third-order valence-corrected chi connectivity index (χ3v) is 9.27. The number of piperazine rings is 1. The summed E-state index contributed by atoms with van der Waals surface area (Å²) in [5.41, 5.74) is 3.04. The van der Waals surface area contributed by atoms with Gasteiger partial charge in [-0.2, -0.15) is 0 Å². The van der Waals surface area contributed by atoms with Gasteiger partial charge in [-0.3, -0.25) is 9.69 Å². The maximum absolute atomic E-state index is 12.9. The minimum absolute atomic E-state index is 0.0396. The number of aryl methyl sites for hydroxylation is 1. The van der Waals surface area contributed by atoms with E-state index in [0.717, 1.165) is 52.2 Å². The van der Waals surface area contributed by atoms with E-state index < -0.39 is 0 Å². The van der Waals surface area contributed by atoms with E-state index in [2.05, 4.69) is 47.9 Å². The zero-order valence-electron chi connectivity index (χ0n) is 19.0. The number of hydrogen-bond acceptors (Lipinski definition) is 5. The van der Waals surface area contributed by atoms with E-state index >= 15 is 0 Å². The largest absolute Gasteiger partial charge is 0.462 e. The first-order valence-corrected chi connectivity index (χ1v) is 12.3. The fourth-order valence-corrected chi connectivity index (χ4v) is 7.46. The molecular formula is C26H36N2O3. The van der Waals surface area contributed by atoms with Crippen LogP contribution in [0.4, 0.5) is 5.69 Å². The lowest BCUT2D eigenvalue weighted by Gasteiger charge is -2.51. The molecule has 1 aromatic carbocycles. The SMILES string of the molecule is Cc1cccc(N2CCN(C[C@H]3C(=O)O[C@@H]4C[C@@]5(C)CCC[C@]6(CO6)[C@H]5C[C@H]43)CC2)c1. The molecule has 168 valence electrons. The molecular weight excluding hydrogens is 388 g/mol. The van der Waals surface area contributed by atoms with E-state index in [1.807, 2.05) is 0 Å². The summed E-state index contributed by atoms with van der Waals surface area (Å²) in [5.74, 6) is 1.08. The summed E-state index contributed by atoms with van der Waals surface area (Å²) in [7, 11) is 0. The number of nitrogens with zero attached hydrogens (tertiary/aromatic N) is 2. The highest BCUT2D eigenvalue weighted by atomic mass is 16.6. The van der Waals surface area contributed by atoms with Crippen LogP contribution in [-0.4, -0.2) is 61.9 Å². The Morgan fingerprint density at radius 1 is 1.16 bits per heavy atom. The number of fused-ring (bicyclic) bond motifs is 3. The van der Waals surface area contributed by atoms with Crippen molar-refractivity contribution in [2.24, 2.45) is 23.2 Å². The summed E-state index contributed by atoms with van der Waals surface area (Å²) in [6.07, 6.45) is 6.01. The van der Waals surface area contributed by atoms with Gasteiger partial charge in [-0.15, -0.1) is 0 Å². The van der Waals surface area contributed by atoms with Crippen molar-refractivity contribution in [2.45, 2.75) is 57.7 Å². The van der Waals surface area contributed by atoms with Crippen LogP contribution in [0, 0.1) is 30.1 Å². The van der Waals surface area contributed by atoms with Gasteiger partial charge in [0.2, 0.25) is 0 Å². The highest BCUT2D eigenvalue weighted by Gasteiger charge is 2.65. The average molecular weight is 425 g/mol. The third-order valence-electron chi connectivity index (χ3n) is 9.27. The highest BCUT2D eigenvalue weighted by Crippen LogP contribution is 2.62. The van der Waals surface area contributed by atoms with Crippen LogP contribution in [0.15, 0.2) is 24.3 Å². The van der Waals surface area contributed by atoms with E-state index in [4.69, 9.17) is 9.47 Å². The summed E-state index contributed by atoms with van der Waals surface area (Å²) in [4.78, 5) is 17.9. The molecule has 0 N–H and O–H groups in total. The lowest BCUT2D eigenvalue weighted by Crippen LogP contribution is -2.52. The number of benzene rings is 1. The van der Waals surface area contributed by atoms with Gasteiger partial charge >= 0.3 is 5.97 Å². The van der Waals surface area contributed by atoms with Crippen LogP contribution >= 0.6 is 0 Å². The van der Waals surface area contributed by atoms with Crippen molar-refractivity contribution in [1.29, 1.82) is 0 Å². The molecule has 0 amide bonds. The molecule has 0 aromatic heterocycles. The van der Waals surface area contributed by atoms with Crippen molar-refractivity contribution in [3.8, 4) is 0 Å². The maximum atomic E-state index is 12.9. The van der Waals surface area contributed by atoms with Crippen molar-refractivity contribution in [2.75, 3.05) is 44.2 Å². The Morgan fingerprint density at radius 3 is 2.71 bits per heavy atom. The van der Waals surface area contributed by atoms with Crippen LogP contribution < -0.4 is 4.90 Å². The van der Waals surface area contributed by atoms with Gasteiger partial charge in [0.1, 0.15) is 6.10 Å². The first kappa shape index (κ1) is 20.0. The fraction of sp³-hybridized carbons (Fsp3) is 0.731. The molecule has 31 heavy (non-hydrogen) atoms. The van der Waals surface area contributed by atoms with Gasteiger partial charge in [-0.05, 0) is 68.1 Å². The predicted octanol–water partition coefficient (Wildman–Crippen LogP) is 3.64. The molecule has 6 atom stereocenters. The van der Waals surface area contributed by atoms with Crippen molar-refractivity contribution in [3.63, 3.8) is 0 Å². The molecule has 5 fully saturated rings. The lowest BCUT2D eigenvalue weighted by molar-refractivity contribution is -0.147. The normalized spacial score (nSPS) is 42.3. The quantitative estimate of drug-likeness (QED) is 0.548. The van der Waals surface area contributed by atoms with Crippen LogP contribution in [0.2, 0.25) is 0 Å². The van der Waals surface area contributed by atoms with E-state index in [1.165, 1.54) is 30.5 Å². The molecule has 0 radical (unpaired) electrons. The third kappa shape index (κ3) is 3.39. The molecule has 3 saturated heterocycles. The zero-order valence-corrected chi connectivity index (χ0v) is 19.0. The predicted molar refractivity (Wildman–Crippen MR) is 120 cm³/mol.